The van der Waals surface area contributed by atoms with Gasteiger partial charge in [-0.3, -0.25) is 4.79 Å². The van der Waals surface area contributed by atoms with Crippen molar-refractivity contribution in [3.8, 4) is 5.69 Å². The van der Waals surface area contributed by atoms with Crippen molar-refractivity contribution in [1.29, 1.82) is 0 Å². The summed E-state index contributed by atoms with van der Waals surface area (Å²) in [6.07, 6.45) is 4.46. The van der Waals surface area contributed by atoms with E-state index < -0.39 is 0 Å². The summed E-state index contributed by atoms with van der Waals surface area (Å²) in [7, 11) is 0. The zero-order valence-corrected chi connectivity index (χ0v) is 14.2. The van der Waals surface area contributed by atoms with E-state index >= 15 is 0 Å². The molecule has 1 aromatic heterocycles. The molecule has 5 nitrogen and oxygen atoms in total. The van der Waals surface area contributed by atoms with E-state index in [4.69, 9.17) is 11.6 Å². The highest BCUT2D eigenvalue weighted by molar-refractivity contribution is 6.30. The van der Waals surface area contributed by atoms with Gasteiger partial charge in [-0.1, -0.05) is 43.5 Å². The molecule has 1 heterocycles. The van der Waals surface area contributed by atoms with Gasteiger partial charge in [-0.25, -0.2) is 4.68 Å². The van der Waals surface area contributed by atoms with Crippen LogP contribution in [0, 0.1) is 0 Å². The Morgan fingerprint density at radius 2 is 1.91 bits per heavy atom. The zero-order chi connectivity index (χ0) is 16.4. The molecule has 2 aromatic rings. The first kappa shape index (κ1) is 16.0. The van der Waals surface area contributed by atoms with E-state index in [1.165, 1.54) is 12.8 Å². The van der Waals surface area contributed by atoms with Gasteiger partial charge in [-0.15, -0.1) is 5.10 Å². The number of benzene rings is 1. The molecule has 3 rings (SSSR count). The lowest BCUT2D eigenvalue weighted by Crippen LogP contribution is -2.33. The molecule has 0 saturated heterocycles. The molecule has 1 amide bonds. The lowest BCUT2D eigenvalue weighted by Gasteiger charge is -2.13. The lowest BCUT2D eigenvalue weighted by atomic mass is 10.1. The first-order chi connectivity index (χ1) is 11.1. The summed E-state index contributed by atoms with van der Waals surface area (Å²) >= 11 is 5.94. The van der Waals surface area contributed by atoms with Crippen LogP contribution in [0.2, 0.25) is 5.02 Å². The number of amides is 1. The molecule has 122 valence electrons. The van der Waals surface area contributed by atoms with Gasteiger partial charge in [-0.2, -0.15) is 0 Å². The van der Waals surface area contributed by atoms with Crippen molar-refractivity contribution >= 4 is 17.5 Å². The second kappa shape index (κ2) is 6.71. The molecule has 0 spiro atoms. The highest BCUT2D eigenvalue weighted by atomic mass is 35.5. The summed E-state index contributed by atoms with van der Waals surface area (Å²) in [5.41, 5.74) is 2.09. The first-order valence-corrected chi connectivity index (χ1v) is 8.46. The standard InChI is InChI=1S/C17H21ClN4O/c1-11(2)16-15(17(23)19-13-5-3-4-6-13)20-21-22(16)14-9-7-12(18)8-10-14/h7-11,13H,3-6H2,1-2H3,(H,19,23). The van der Waals surface area contributed by atoms with Crippen LogP contribution >= 0.6 is 11.6 Å². The van der Waals surface area contributed by atoms with Crippen molar-refractivity contribution in [3.05, 3.63) is 40.7 Å². The molecule has 0 atom stereocenters. The fraction of sp³-hybridized carbons (Fsp3) is 0.471. The van der Waals surface area contributed by atoms with Crippen LogP contribution in [-0.2, 0) is 0 Å². The Kier molecular flexibility index (Phi) is 4.66. The van der Waals surface area contributed by atoms with Crippen LogP contribution in [0.1, 0.15) is 61.6 Å². The second-order valence-electron chi connectivity index (χ2n) is 6.32. The van der Waals surface area contributed by atoms with Gasteiger partial charge in [0.25, 0.3) is 5.91 Å². The summed E-state index contributed by atoms with van der Waals surface area (Å²) in [6.45, 7) is 4.08. The first-order valence-electron chi connectivity index (χ1n) is 8.08. The summed E-state index contributed by atoms with van der Waals surface area (Å²) in [5, 5.41) is 12.1. The van der Waals surface area contributed by atoms with Gasteiger partial charge in [0, 0.05) is 11.1 Å². The highest BCUT2D eigenvalue weighted by Crippen LogP contribution is 2.23. The Morgan fingerprint density at radius 1 is 1.26 bits per heavy atom. The highest BCUT2D eigenvalue weighted by Gasteiger charge is 2.25. The molecular weight excluding hydrogens is 312 g/mol. The third-order valence-corrected chi connectivity index (χ3v) is 4.48. The van der Waals surface area contributed by atoms with Crippen LogP contribution in [0.3, 0.4) is 0 Å². The maximum Gasteiger partial charge on any atom is 0.274 e. The molecular formula is C17H21ClN4O. The second-order valence-corrected chi connectivity index (χ2v) is 6.76. The number of rotatable bonds is 4. The maximum atomic E-state index is 12.6. The normalized spacial score (nSPS) is 15.3. The minimum Gasteiger partial charge on any atom is -0.348 e. The molecule has 0 radical (unpaired) electrons. The van der Waals surface area contributed by atoms with E-state index in [1.807, 2.05) is 26.0 Å². The average Bonchev–Trinajstić information content (AvgIpc) is 3.16. The Hall–Kier alpha value is -1.88. The van der Waals surface area contributed by atoms with Crippen molar-refractivity contribution in [2.24, 2.45) is 0 Å². The smallest absolute Gasteiger partial charge is 0.274 e. The lowest BCUT2D eigenvalue weighted by molar-refractivity contribution is 0.0931. The van der Waals surface area contributed by atoms with Crippen molar-refractivity contribution in [3.63, 3.8) is 0 Å². The van der Waals surface area contributed by atoms with Crippen LogP contribution in [0.4, 0.5) is 0 Å². The quantitative estimate of drug-likeness (QED) is 0.928. The molecule has 0 aliphatic heterocycles. The predicted octanol–water partition coefficient (Wildman–Crippen LogP) is 3.72. The summed E-state index contributed by atoms with van der Waals surface area (Å²) < 4.78 is 1.73. The third-order valence-electron chi connectivity index (χ3n) is 4.23. The van der Waals surface area contributed by atoms with Crippen molar-refractivity contribution < 1.29 is 4.79 Å². The van der Waals surface area contributed by atoms with Gasteiger partial charge in [0.15, 0.2) is 5.69 Å². The van der Waals surface area contributed by atoms with E-state index in [0.29, 0.717) is 10.7 Å². The SMILES string of the molecule is CC(C)c1c(C(=O)NC2CCCC2)nnn1-c1ccc(Cl)cc1. The van der Waals surface area contributed by atoms with Crippen LogP contribution in [0.15, 0.2) is 24.3 Å². The van der Waals surface area contributed by atoms with E-state index in [9.17, 15) is 4.79 Å². The van der Waals surface area contributed by atoms with Crippen molar-refractivity contribution in [2.45, 2.75) is 51.5 Å². The van der Waals surface area contributed by atoms with Crippen LogP contribution in [0.5, 0.6) is 0 Å². The average molecular weight is 333 g/mol. The zero-order valence-electron chi connectivity index (χ0n) is 13.4. The molecule has 6 heteroatoms. The summed E-state index contributed by atoms with van der Waals surface area (Å²) in [4.78, 5) is 12.6. The van der Waals surface area contributed by atoms with Gasteiger partial charge in [0.05, 0.1) is 11.4 Å². The van der Waals surface area contributed by atoms with Gasteiger partial charge in [-0.05, 0) is 43.0 Å². The number of aromatic nitrogens is 3. The topological polar surface area (TPSA) is 59.8 Å². The van der Waals surface area contributed by atoms with Gasteiger partial charge < -0.3 is 5.32 Å². The number of hydrogen-bond donors (Lipinski definition) is 1. The van der Waals surface area contributed by atoms with E-state index in [1.54, 1.807) is 16.8 Å². The van der Waals surface area contributed by atoms with E-state index in [0.717, 1.165) is 24.2 Å². The van der Waals surface area contributed by atoms with E-state index in [-0.39, 0.29) is 17.9 Å². The van der Waals surface area contributed by atoms with Gasteiger partial charge in [0.1, 0.15) is 0 Å². The molecule has 0 bridgehead atoms. The van der Waals surface area contributed by atoms with Crippen molar-refractivity contribution in [1.82, 2.24) is 20.3 Å². The number of nitrogens with zero attached hydrogens (tertiary/aromatic N) is 3. The molecule has 1 fully saturated rings. The third kappa shape index (κ3) is 3.39. The molecule has 1 aliphatic rings. The van der Waals surface area contributed by atoms with Gasteiger partial charge in [0.2, 0.25) is 0 Å². The molecule has 0 unspecified atom stereocenters. The number of hydrogen-bond acceptors (Lipinski definition) is 3. The molecule has 1 N–H and O–H groups in total. The Labute approximate surface area is 141 Å². The summed E-state index contributed by atoms with van der Waals surface area (Å²) in [5.74, 6) is 0.00539. The van der Waals surface area contributed by atoms with Crippen molar-refractivity contribution in [2.75, 3.05) is 0 Å². The Bertz CT molecular complexity index is 687. The molecule has 23 heavy (non-hydrogen) atoms. The number of halogens is 1. The Balaban J connectivity index is 1.91. The predicted molar refractivity (Wildman–Crippen MR) is 90.2 cm³/mol. The maximum absolute atomic E-state index is 12.6. The largest absolute Gasteiger partial charge is 0.348 e. The molecule has 1 aliphatic carbocycles. The van der Waals surface area contributed by atoms with Gasteiger partial charge >= 0.3 is 0 Å². The van der Waals surface area contributed by atoms with E-state index in [2.05, 4.69) is 15.6 Å². The summed E-state index contributed by atoms with van der Waals surface area (Å²) in [6, 6.07) is 7.63. The molecule has 1 saturated carbocycles. The van der Waals surface area contributed by atoms with Crippen LogP contribution in [-0.4, -0.2) is 26.9 Å². The molecule has 1 aromatic carbocycles. The van der Waals surface area contributed by atoms with Crippen LogP contribution in [0.25, 0.3) is 5.69 Å². The fourth-order valence-electron chi connectivity index (χ4n) is 3.07. The van der Waals surface area contributed by atoms with Crippen LogP contribution < -0.4 is 5.32 Å². The number of carbonyl (C=O) groups excluding carboxylic acids is 1. The monoisotopic (exact) mass is 332 g/mol. The fourth-order valence-corrected chi connectivity index (χ4v) is 3.19. The minimum atomic E-state index is -0.124. The number of carbonyl (C=O) groups is 1. The Morgan fingerprint density at radius 3 is 2.52 bits per heavy atom. The number of nitrogens with one attached hydrogen (secondary N) is 1. The minimum absolute atomic E-state index is 0.124.